The number of piperidine rings is 1. The molecule has 5 rings (SSSR count). The maximum absolute atomic E-state index is 14.3. The van der Waals surface area contributed by atoms with E-state index in [-0.39, 0.29) is 35.0 Å². The number of benzene rings is 1. The second-order valence-electron chi connectivity index (χ2n) is 14.1. The summed E-state index contributed by atoms with van der Waals surface area (Å²) in [5.41, 5.74) is 0.449. The lowest BCUT2D eigenvalue weighted by atomic mass is 9.71. The van der Waals surface area contributed by atoms with Crippen LogP contribution in [0.25, 0.3) is 0 Å². The summed E-state index contributed by atoms with van der Waals surface area (Å²) in [6, 6.07) is 4.27. The summed E-state index contributed by atoms with van der Waals surface area (Å²) >= 11 is 0. The minimum atomic E-state index is -0.486. The van der Waals surface area contributed by atoms with E-state index < -0.39 is 5.82 Å². The zero-order valence-electron chi connectivity index (χ0n) is 27.8. The highest BCUT2D eigenvalue weighted by molar-refractivity contribution is 5.97. The molecule has 45 heavy (non-hydrogen) atoms. The summed E-state index contributed by atoms with van der Waals surface area (Å²) in [5, 5.41) is 3.14. The Hall–Kier alpha value is -3.47. The largest absolute Gasteiger partial charge is 0.451 e. The van der Waals surface area contributed by atoms with Crippen molar-refractivity contribution >= 4 is 17.8 Å². The molecule has 0 unspecified atom stereocenters. The van der Waals surface area contributed by atoms with Gasteiger partial charge in [-0.25, -0.2) is 19.2 Å². The third kappa shape index (κ3) is 7.68. The quantitative estimate of drug-likeness (QED) is 0.400. The van der Waals surface area contributed by atoms with Crippen molar-refractivity contribution < 1.29 is 18.7 Å². The second kappa shape index (κ2) is 13.9. The number of ether oxygens (including phenoxy) is 1. The fourth-order valence-electron chi connectivity index (χ4n) is 7.30. The van der Waals surface area contributed by atoms with Crippen molar-refractivity contribution in [3.05, 3.63) is 42.1 Å². The van der Waals surface area contributed by atoms with E-state index in [1.807, 2.05) is 27.7 Å². The Labute approximate surface area is 267 Å². The maximum Gasteiger partial charge on any atom is 0.317 e. The Morgan fingerprint density at radius 3 is 2.33 bits per heavy atom. The van der Waals surface area contributed by atoms with E-state index in [2.05, 4.69) is 25.1 Å². The Morgan fingerprint density at radius 1 is 1.04 bits per heavy atom. The van der Waals surface area contributed by atoms with E-state index >= 15 is 0 Å². The number of hydrogen-bond acceptors (Lipinski definition) is 7. The number of anilines is 1. The fourth-order valence-corrected chi connectivity index (χ4v) is 7.30. The van der Waals surface area contributed by atoms with Gasteiger partial charge in [0.05, 0.1) is 11.8 Å². The number of aromatic nitrogens is 2. The number of carbonyl (C=O) groups is 2. The van der Waals surface area contributed by atoms with Gasteiger partial charge in [0.25, 0.3) is 5.91 Å². The van der Waals surface area contributed by atoms with Crippen LogP contribution in [0.2, 0.25) is 0 Å². The Bertz CT molecular complexity index is 1320. The number of rotatable bonds is 9. The first kappa shape index (κ1) is 32.9. The Morgan fingerprint density at radius 2 is 1.71 bits per heavy atom. The standard InChI is InChI=1S/C34H50FN7O3/c1-23(2)42(24(3)4)32(43)28-17-26(35)9-12-29(28)45-30-18-36-22-37-31(30)41-20-34(21-41)13-15-40(16-14-34)19-25-7-10-27(11-8-25)38-33(44)39(5)6/h9,12,17-18,22-25,27H,7-8,10-11,13-16,19-21H2,1-6H3,(H,38,44)/t25-,27-. The monoisotopic (exact) mass is 623 g/mol. The summed E-state index contributed by atoms with van der Waals surface area (Å²) < 4.78 is 20.6. The van der Waals surface area contributed by atoms with Gasteiger partial charge in [-0.05, 0) is 103 Å². The first-order chi connectivity index (χ1) is 21.4. The van der Waals surface area contributed by atoms with Gasteiger partial charge in [-0.2, -0.15) is 0 Å². The first-order valence-electron chi connectivity index (χ1n) is 16.5. The zero-order valence-corrected chi connectivity index (χ0v) is 27.8. The molecule has 1 N–H and O–H groups in total. The lowest BCUT2D eigenvalue weighted by Crippen LogP contribution is -2.61. The highest BCUT2D eigenvalue weighted by atomic mass is 19.1. The number of nitrogens with one attached hydrogen (secondary N) is 1. The van der Waals surface area contributed by atoms with E-state index in [4.69, 9.17) is 4.74 Å². The lowest BCUT2D eigenvalue weighted by Gasteiger charge is -2.54. The molecular formula is C34H50FN7O3. The van der Waals surface area contributed by atoms with Crippen LogP contribution in [0, 0.1) is 17.2 Å². The van der Waals surface area contributed by atoms with Crippen LogP contribution in [0.4, 0.5) is 15.0 Å². The first-order valence-corrected chi connectivity index (χ1v) is 16.5. The molecule has 3 aliphatic rings. The SMILES string of the molecule is CC(C)N(C(=O)c1cc(F)ccc1Oc1cncnc1N1CC2(CCN(C[C@H]3CC[C@H](NC(=O)N(C)C)CC3)CC2)C1)C(C)C. The molecule has 2 aromatic rings. The summed E-state index contributed by atoms with van der Waals surface area (Å²) in [6.07, 6.45) is 9.88. The summed E-state index contributed by atoms with van der Waals surface area (Å²) in [6.45, 7) is 12.9. The minimum absolute atomic E-state index is 0.00453. The normalized spacial score (nSPS) is 21.5. The molecule has 10 nitrogen and oxygen atoms in total. The molecule has 2 saturated heterocycles. The van der Waals surface area contributed by atoms with Crippen molar-refractivity contribution in [3.63, 3.8) is 0 Å². The van der Waals surface area contributed by atoms with Crippen LogP contribution in [0.3, 0.4) is 0 Å². The second-order valence-corrected chi connectivity index (χ2v) is 14.1. The molecule has 0 radical (unpaired) electrons. The van der Waals surface area contributed by atoms with E-state index in [0.29, 0.717) is 29.3 Å². The zero-order chi connectivity index (χ0) is 32.3. The van der Waals surface area contributed by atoms with Gasteiger partial charge >= 0.3 is 6.03 Å². The average molecular weight is 624 g/mol. The van der Waals surface area contributed by atoms with Gasteiger partial charge in [-0.3, -0.25) is 4.79 Å². The molecular weight excluding hydrogens is 573 g/mol. The third-order valence-electron chi connectivity index (χ3n) is 9.76. The van der Waals surface area contributed by atoms with E-state index in [1.54, 1.807) is 30.1 Å². The van der Waals surface area contributed by atoms with Crippen molar-refractivity contribution in [1.82, 2.24) is 30.0 Å². The minimum Gasteiger partial charge on any atom is -0.451 e. The molecule has 246 valence electrons. The predicted octanol–water partition coefficient (Wildman–Crippen LogP) is 5.40. The number of hydrogen-bond donors (Lipinski definition) is 1. The molecule has 0 bridgehead atoms. The van der Waals surface area contributed by atoms with E-state index in [9.17, 15) is 14.0 Å². The fraction of sp³-hybridized carbons (Fsp3) is 0.647. The third-order valence-corrected chi connectivity index (χ3v) is 9.76. The van der Waals surface area contributed by atoms with Crippen molar-refractivity contribution in [2.24, 2.45) is 11.3 Å². The van der Waals surface area contributed by atoms with Crippen LogP contribution in [-0.4, -0.2) is 102 Å². The number of likely N-dealkylation sites (tertiary alicyclic amines) is 1. The number of carbonyl (C=O) groups excluding carboxylic acids is 2. The summed E-state index contributed by atoms with van der Waals surface area (Å²) in [7, 11) is 3.57. The van der Waals surface area contributed by atoms with Crippen molar-refractivity contribution in [1.29, 1.82) is 0 Å². The summed E-state index contributed by atoms with van der Waals surface area (Å²) in [4.78, 5) is 42.5. The van der Waals surface area contributed by atoms with E-state index in [1.165, 1.54) is 37.4 Å². The molecule has 1 spiro atoms. The topological polar surface area (TPSA) is 94.1 Å². The highest BCUT2D eigenvalue weighted by Crippen LogP contribution is 2.45. The molecule has 11 heteroatoms. The van der Waals surface area contributed by atoms with Crippen LogP contribution in [0.15, 0.2) is 30.7 Å². The number of halogens is 1. The van der Waals surface area contributed by atoms with Gasteiger partial charge in [0.15, 0.2) is 11.6 Å². The van der Waals surface area contributed by atoms with Crippen molar-refractivity contribution in [3.8, 4) is 11.5 Å². The number of urea groups is 1. The highest BCUT2D eigenvalue weighted by Gasteiger charge is 2.46. The van der Waals surface area contributed by atoms with Crippen LogP contribution in [0.5, 0.6) is 11.5 Å². The Kier molecular flexibility index (Phi) is 10.2. The van der Waals surface area contributed by atoms with Crippen LogP contribution < -0.4 is 15.0 Å². The van der Waals surface area contributed by atoms with Crippen LogP contribution in [-0.2, 0) is 0 Å². The molecule has 1 aromatic heterocycles. The maximum atomic E-state index is 14.3. The van der Waals surface area contributed by atoms with Crippen molar-refractivity contribution in [2.45, 2.75) is 84.3 Å². The smallest absolute Gasteiger partial charge is 0.317 e. The molecule has 0 atom stereocenters. The van der Waals surface area contributed by atoms with Gasteiger partial charge < -0.3 is 29.7 Å². The number of nitrogens with zero attached hydrogens (tertiary/aromatic N) is 6. The number of amides is 3. The molecule has 1 saturated carbocycles. The van der Waals surface area contributed by atoms with Crippen molar-refractivity contribution in [2.75, 3.05) is 51.7 Å². The van der Waals surface area contributed by atoms with Crippen LogP contribution >= 0.6 is 0 Å². The summed E-state index contributed by atoms with van der Waals surface area (Å²) in [5.74, 6) is 1.39. The molecule has 3 heterocycles. The average Bonchev–Trinajstić information content (AvgIpc) is 2.98. The predicted molar refractivity (Wildman–Crippen MR) is 173 cm³/mol. The molecule has 2 aliphatic heterocycles. The lowest BCUT2D eigenvalue weighted by molar-refractivity contribution is 0.0615. The van der Waals surface area contributed by atoms with Gasteiger partial charge in [0.2, 0.25) is 0 Å². The molecule has 3 amide bonds. The molecule has 1 aromatic carbocycles. The van der Waals surface area contributed by atoms with Gasteiger partial charge in [-0.15, -0.1) is 0 Å². The molecule has 3 fully saturated rings. The van der Waals surface area contributed by atoms with Gasteiger partial charge in [0, 0.05) is 57.3 Å². The van der Waals surface area contributed by atoms with Gasteiger partial charge in [-0.1, -0.05) is 0 Å². The molecule has 1 aliphatic carbocycles. The Balaban J connectivity index is 1.16. The van der Waals surface area contributed by atoms with Gasteiger partial charge in [0.1, 0.15) is 17.9 Å². The van der Waals surface area contributed by atoms with Crippen LogP contribution in [0.1, 0.15) is 76.6 Å². The van der Waals surface area contributed by atoms with E-state index in [0.717, 1.165) is 58.4 Å².